The van der Waals surface area contributed by atoms with Gasteiger partial charge in [0, 0.05) is 49.9 Å². The number of nitrogens with two attached hydrogens (primary N) is 1. The summed E-state index contributed by atoms with van der Waals surface area (Å²) in [6, 6.07) is 4.10. The molecule has 0 saturated carbocycles. The minimum absolute atomic E-state index is 0.0231. The summed E-state index contributed by atoms with van der Waals surface area (Å²) in [6.45, 7) is 1.24. The number of halogens is 6. The second kappa shape index (κ2) is 12.5. The molecule has 11 nitrogen and oxygen atoms in total. The van der Waals surface area contributed by atoms with Gasteiger partial charge in [0.25, 0.3) is 5.91 Å². The molecule has 53 heavy (non-hydrogen) atoms. The molecule has 0 bridgehead atoms. The summed E-state index contributed by atoms with van der Waals surface area (Å²) in [6.07, 6.45) is -3.12. The van der Waals surface area contributed by atoms with Crippen molar-refractivity contribution in [3.05, 3.63) is 58.4 Å². The lowest BCUT2D eigenvalue weighted by Crippen LogP contribution is -2.43. The fourth-order valence-electron chi connectivity index (χ4n) is 7.99. The topological polar surface area (TPSA) is 129 Å². The van der Waals surface area contributed by atoms with Gasteiger partial charge in [-0.2, -0.15) is 33.5 Å². The van der Waals surface area contributed by atoms with E-state index in [4.69, 9.17) is 10.5 Å². The number of nitrogens with zero attached hydrogens (tertiary/aromatic N) is 8. The van der Waals surface area contributed by atoms with E-state index in [1.54, 1.807) is 23.7 Å². The first-order valence-electron chi connectivity index (χ1n) is 16.8. The van der Waals surface area contributed by atoms with E-state index in [2.05, 4.69) is 15.1 Å². The van der Waals surface area contributed by atoms with Gasteiger partial charge in [-0.1, -0.05) is 6.07 Å². The van der Waals surface area contributed by atoms with Crippen LogP contribution in [-0.2, 0) is 19.3 Å². The summed E-state index contributed by atoms with van der Waals surface area (Å²) in [5, 5.41) is 13.5. The van der Waals surface area contributed by atoms with Crippen molar-refractivity contribution in [1.82, 2.24) is 29.5 Å². The van der Waals surface area contributed by atoms with Crippen molar-refractivity contribution in [2.24, 2.45) is 0 Å². The molecule has 3 aliphatic rings. The zero-order valence-corrected chi connectivity index (χ0v) is 29.2. The molecule has 1 amide bonds. The number of anilines is 2. The van der Waals surface area contributed by atoms with Crippen molar-refractivity contribution < 1.29 is 35.9 Å². The molecule has 3 aliphatic heterocycles. The molecule has 18 heteroatoms. The van der Waals surface area contributed by atoms with E-state index < -0.39 is 51.7 Å². The van der Waals surface area contributed by atoms with Crippen molar-refractivity contribution in [1.29, 1.82) is 5.26 Å². The molecule has 2 N–H and O–H groups in total. The Hall–Kier alpha value is -5.15. The largest absolute Gasteiger partial charge is 0.461 e. The molecule has 5 aromatic rings. The zero-order valence-electron chi connectivity index (χ0n) is 28.4. The number of hydrogen-bond acceptors (Lipinski definition) is 10. The Bertz CT molecular complexity index is 2370. The number of thiophene rings is 1. The van der Waals surface area contributed by atoms with Crippen LogP contribution in [0.1, 0.15) is 46.4 Å². The normalized spacial score (nSPS) is 20.2. The van der Waals surface area contributed by atoms with E-state index >= 15 is 17.6 Å². The Kier molecular flexibility index (Phi) is 8.22. The molecule has 2 aromatic carbocycles. The van der Waals surface area contributed by atoms with Crippen LogP contribution in [0.5, 0.6) is 6.01 Å². The van der Waals surface area contributed by atoms with Gasteiger partial charge in [-0.25, -0.2) is 13.2 Å². The number of ether oxygens (including phenoxy) is 1. The van der Waals surface area contributed by atoms with E-state index in [1.807, 2.05) is 11.0 Å². The van der Waals surface area contributed by atoms with Crippen molar-refractivity contribution in [3.63, 3.8) is 0 Å². The quantitative estimate of drug-likeness (QED) is 0.204. The van der Waals surface area contributed by atoms with Gasteiger partial charge in [-0.05, 0) is 37.1 Å². The molecule has 6 heterocycles. The number of carbonyl (C=O) groups excluding carboxylic acids is 1. The maximum absolute atomic E-state index is 17.2. The highest BCUT2D eigenvalue weighted by Gasteiger charge is 2.49. The predicted octanol–water partition coefficient (Wildman–Crippen LogP) is 6.14. The number of aromatic nitrogens is 4. The van der Waals surface area contributed by atoms with Crippen LogP contribution in [0, 0.1) is 23.0 Å². The van der Waals surface area contributed by atoms with Crippen LogP contribution >= 0.6 is 11.3 Å². The number of fused-ring (bicyclic) bond motifs is 4. The molecule has 2 saturated heterocycles. The van der Waals surface area contributed by atoms with Crippen LogP contribution in [0.4, 0.5) is 37.2 Å². The van der Waals surface area contributed by atoms with Crippen LogP contribution < -0.4 is 15.4 Å². The lowest BCUT2D eigenvalue weighted by molar-refractivity contribution is -0.137. The second-order valence-electron chi connectivity index (χ2n) is 13.8. The predicted molar refractivity (Wildman–Crippen MR) is 184 cm³/mol. The molecule has 2 atom stereocenters. The number of rotatable bonds is 6. The Labute approximate surface area is 302 Å². The summed E-state index contributed by atoms with van der Waals surface area (Å²) >= 11 is 0.671. The number of carbonyl (C=O) groups is 1. The molecule has 0 radical (unpaired) electrons. The highest BCUT2D eigenvalue weighted by atomic mass is 32.1. The van der Waals surface area contributed by atoms with Gasteiger partial charge in [0.05, 0.1) is 51.9 Å². The van der Waals surface area contributed by atoms with Crippen molar-refractivity contribution in [3.8, 4) is 23.2 Å². The Morgan fingerprint density at radius 3 is 2.74 bits per heavy atom. The summed E-state index contributed by atoms with van der Waals surface area (Å²) in [5.74, 6) is -2.66. The van der Waals surface area contributed by atoms with Crippen LogP contribution in [0.25, 0.3) is 32.1 Å². The van der Waals surface area contributed by atoms with Crippen LogP contribution in [0.3, 0.4) is 0 Å². The third-order valence-corrected chi connectivity index (χ3v) is 11.5. The Balaban J connectivity index is 1.34. The smallest absolute Gasteiger partial charge is 0.417 e. The van der Waals surface area contributed by atoms with Gasteiger partial charge in [0.2, 0.25) is 0 Å². The van der Waals surface area contributed by atoms with Crippen LogP contribution in [0.15, 0.2) is 24.4 Å². The fourth-order valence-corrected chi connectivity index (χ4v) is 8.93. The molecular formula is C35H31F6N9O2S. The molecule has 276 valence electrons. The summed E-state index contributed by atoms with van der Waals surface area (Å²) in [7, 11) is 3.15. The fraction of sp³-hybridized carbons (Fsp3) is 0.400. The molecule has 3 aromatic heterocycles. The number of nitrogen functional groups attached to an aromatic ring is 1. The number of amides is 1. The van der Waals surface area contributed by atoms with E-state index in [9.17, 15) is 18.8 Å². The van der Waals surface area contributed by atoms with E-state index in [1.165, 1.54) is 11.1 Å². The first kappa shape index (κ1) is 34.9. The van der Waals surface area contributed by atoms with Crippen molar-refractivity contribution in [2.75, 3.05) is 51.0 Å². The van der Waals surface area contributed by atoms with Gasteiger partial charge < -0.3 is 20.3 Å². The molecule has 8 rings (SSSR count). The first-order chi connectivity index (χ1) is 25.2. The van der Waals surface area contributed by atoms with Gasteiger partial charge in [0.15, 0.2) is 5.82 Å². The molecule has 2 fully saturated rings. The highest BCUT2D eigenvalue weighted by Crippen LogP contribution is 2.48. The van der Waals surface area contributed by atoms with E-state index in [0.29, 0.717) is 30.0 Å². The molecule has 0 aliphatic carbocycles. The van der Waals surface area contributed by atoms with E-state index in [0.717, 1.165) is 24.6 Å². The average Bonchev–Trinajstić information content (AvgIpc) is 3.87. The lowest BCUT2D eigenvalue weighted by atomic mass is 9.92. The second-order valence-corrected chi connectivity index (χ2v) is 14.9. The van der Waals surface area contributed by atoms with E-state index in [-0.39, 0.29) is 88.5 Å². The molecule has 0 spiro atoms. The molecule has 0 unspecified atom stereocenters. The van der Waals surface area contributed by atoms with Crippen molar-refractivity contribution >= 4 is 49.1 Å². The third kappa shape index (κ3) is 5.59. The van der Waals surface area contributed by atoms with Crippen LogP contribution in [0.2, 0.25) is 0 Å². The van der Waals surface area contributed by atoms with Gasteiger partial charge >= 0.3 is 12.2 Å². The third-order valence-electron chi connectivity index (χ3n) is 10.4. The highest BCUT2D eigenvalue weighted by molar-refractivity contribution is 7.23. The molecular weight excluding hydrogens is 725 g/mol. The number of alkyl halides is 4. The monoisotopic (exact) mass is 755 g/mol. The summed E-state index contributed by atoms with van der Waals surface area (Å²) in [5.41, 5.74) is 2.53. The number of nitriles is 1. The maximum Gasteiger partial charge on any atom is 0.417 e. The zero-order chi connectivity index (χ0) is 37.6. The summed E-state index contributed by atoms with van der Waals surface area (Å²) in [4.78, 5) is 26.9. The Morgan fingerprint density at radius 1 is 1.21 bits per heavy atom. The maximum atomic E-state index is 17.2. The van der Waals surface area contributed by atoms with Gasteiger partial charge in [-0.3, -0.25) is 14.4 Å². The number of benzene rings is 2. The van der Waals surface area contributed by atoms with Crippen LogP contribution in [-0.4, -0.2) is 87.5 Å². The lowest BCUT2D eigenvalue weighted by Gasteiger charge is -2.32. The minimum atomic E-state index is -5.14. The minimum Gasteiger partial charge on any atom is -0.461 e. The number of hydrogen-bond donors (Lipinski definition) is 1. The first-order valence-corrected chi connectivity index (χ1v) is 17.6. The Morgan fingerprint density at radius 2 is 2.00 bits per heavy atom. The SMILES string of the molecule is CN(C)C(=O)c1cnn2c1CN(c1nc(OC[C@@]34CCCN3C[C@H](F)C4)nc3c(F)c(-c4ccc(F)c5sc(N)c(C#N)c45)c(C(F)(F)F)cc13)CC2. The standard InChI is InChI=1S/C35H31F6N9O2S/c1-47(2)32(51)21-13-44-50-9-8-48(15-24(21)50)31-19-10-22(35(39,40)41)26(18-4-5-23(37)29-25(18)20(12-42)30(43)53-29)27(38)28(19)45-33(46-31)52-16-34-6-3-7-49(34)14-17(36)11-34/h4-5,10,13,17H,3,6-9,11,14-16,43H2,1-2H3/t17-,34+/m1/s1. The average molecular weight is 756 g/mol. The van der Waals surface area contributed by atoms with Gasteiger partial charge in [0.1, 0.15) is 41.0 Å². The van der Waals surface area contributed by atoms with Gasteiger partial charge in [-0.15, -0.1) is 11.3 Å². The van der Waals surface area contributed by atoms with Crippen molar-refractivity contribution in [2.45, 2.75) is 50.2 Å². The summed E-state index contributed by atoms with van der Waals surface area (Å²) < 4.78 is 99.6.